The number of hydrogen-bond acceptors (Lipinski definition) is 3. The van der Waals surface area contributed by atoms with E-state index in [0.29, 0.717) is 0 Å². The van der Waals surface area contributed by atoms with E-state index in [4.69, 9.17) is 0 Å². The minimum Gasteiger partial charge on any atom is -0.506 e. The Kier molecular flexibility index (Phi) is 1.88. The molecule has 0 aliphatic carbocycles. The predicted octanol–water partition coefficient (Wildman–Crippen LogP) is 1.39. The van der Waals surface area contributed by atoms with E-state index in [9.17, 15) is 5.11 Å². The van der Waals surface area contributed by atoms with Gasteiger partial charge < -0.3 is 5.11 Å². The van der Waals surface area contributed by atoms with Gasteiger partial charge in [0.05, 0.1) is 6.20 Å². The molecule has 68 valence electrons. The first-order valence-corrected chi connectivity index (χ1v) is 4.34. The fraction of sp³-hybridized carbons (Fsp3) is 0.333. The molecule has 0 aliphatic rings. The molecule has 0 spiro atoms. The van der Waals surface area contributed by atoms with Crippen LogP contribution in [0.2, 0.25) is 0 Å². The molecule has 2 aromatic rings. The fourth-order valence-corrected chi connectivity index (χ4v) is 1.25. The third kappa shape index (κ3) is 1.47. The minimum absolute atomic E-state index is 0.209. The molecule has 0 radical (unpaired) electrons. The van der Waals surface area contributed by atoms with Crippen molar-refractivity contribution in [1.29, 1.82) is 0 Å². The molecule has 0 bridgehead atoms. The summed E-state index contributed by atoms with van der Waals surface area (Å²) in [6, 6.07) is 3.36. The number of pyridine rings is 1. The molecule has 0 aliphatic heterocycles. The van der Waals surface area contributed by atoms with E-state index in [1.165, 1.54) is 0 Å². The van der Waals surface area contributed by atoms with Crippen molar-refractivity contribution in [2.45, 2.75) is 19.8 Å². The van der Waals surface area contributed by atoms with Gasteiger partial charge in [0.1, 0.15) is 5.75 Å². The van der Waals surface area contributed by atoms with Gasteiger partial charge in [-0.15, -0.1) is 0 Å². The Morgan fingerprint density at radius 3 is 3.08 bits per heavy atom. The zero-order valence-electron chi connectivity index (χ0n) is 7.44. The van der Waals surface area contributed by atoms with E-state index in [-0.39, 0.29) is 5.75 Å². The molecule has 0 aromatic carbocycles. The molecule has 4 heteroatoms. The molecule has 0 saturated heterocycles. The molecule has 1 N–H and O–H groups in total. The quantitative estimate of drug-likeness (QED) is 0.754. The third-order valence-electron chi connectivity index (χ3n) is 1.83. The van der Waals surface area contributed by atoms with Crippen LogP contribution in [0, 0.1) is 0 Å². The second kappa shape index (κ2) is 3.05. The Balaban J connectivity index is 2.49. The van der Waals surface area contributed by atoms with Gasteiger partial charge in [-0.25, -0.2) is 9.50 Å². The Labute approximate surface area is 75.8 Å². The smallest absolute Gasteiger partial charge is 0.155 e. The summed E-state index contributed by atoms with van der Waals surface area (Å²) >= 11 is 0. The molecule has 2 heterocycles. The van der Waals surface area contributed by atoms with Crippen molar-refractivity contribution < 1.29 is 5.11 Å². The zero-order valence-corrected chi connectivity index (χ0v) is 7.44. The van der Waals surface area contributed by atoms with E-state index in [2.05, 4.69) is 17.0 Å². The van der Waals surface area contributed by atoms with Gasteiger partial charge >= 0.3 is 0 Å². The normalized spacial score (nSPS) is 10.8. The van der Waals surface area contributed by atoms with Crippen LogP contribution in [0.1, 0.15) is 19.2 Å². The number of rotatable bonds is 2. The molecular weight excluding hydrogens is 166 g/mol. The van der Waals surface area contributed by atoms with Gasteiger partial charge in [-0.1, -0.05) is 6.92 Å². The fourth-order valence-electron chi connectivity index (χ4n) is 1.25. The van der Waals surface area contributed by atoms with Crippen molar-refractivity contribution in [3.8, 4) is 5.75 Å². The SMILES string of the molecule is CCCc1nc2ccc(O)cn2n1. The van der Waals surface area contributed by atoms with Crippen molar-refractivity contribution >= 4 is 5.65 Å². The highest BCUT2D eigenvalue weighted by molar-refractivity contribution is 5.40. The molecule has 0 fully saturated rings. The van der Waals surface area contributed by atoms with E-state index in [1.807, 2.05) is 0 Å². The molecule has 0 unspecified atom stereocenters. The van der Waals surface area contributed by atoms with Crippen LogP contribution in [0.4, 0.5) is 0 Å². The Morgan fingerprint density at radius 2 is 2.31 bits per heavy atom. The highest BCUT2D eigenvalue weighted by atomic mass is 16.3. The molecule has 13 heavy (non-hydrogen) atoms. The van der Waals surface area contributed by atoms with E-state index in [1.54, 1.807) is 22.8 Å². The first-order chi connectivity index (χ1) is 6.29. The second-order valence-corrected chi connectivity index (χ2v) is 2.97. The van der Waals surface area contributed by atoms with Crippen LogP contribution in [0.25, 0.3) is 5.65 Å². The Morgan fingerprint density at radius 1 is 1.46 bits per heavy atom. The number of hydrogen-bond donors (Lipinski definition) is 1. The third-order valence-corrected chi connectivity index (χ3v) is 1.83. The Hall–Kier alpha value is -1.58. The van der Waals surface area contributed by atoms with Crippen LogP contribution >= 0.6 is 0 Å². The number of aromatic nitrogens is 3. The van der Waals surface area contributed by atoms with Gasteiger partial charge in [0.25, 0.3) is 0 Å². The molecule has 4 nitrogen and oxygen atoms in total. The lowest BCUT2D eigenvalue weighted by atomic mass is 10.3. The van der Waals surface area contributed by atoms with E-state index >= 15 is 0 Å². The minimum atomic E-state index is 0.209. The first kappa shape index (κ1) is 8.04. The molecule has 0 saturated carbocycles. The number of aromatic hydroxyl groups is 1. The summed E-state index contributed by atoms with van der Waals surface area (Å²) in [7, 11) is 0. The summed E-state index contributed by atoms with van der Waals surface area (Å²) in [4.78, 5) is 4.28. The average Bonchev–Trinajstić information content (AvgIpc) is 2.46. The topological polar surface area (TPSA) is 50.4 Å². The summed E-state index contributed by atoms with van der Waals surface area (Å²) in [6.45, 7) is 2.09. The highest BCUT2D eigenvalue weighted by Crippen LogP contribution is 2.10. The van der Waals surface area contributed by atoms with Crippen molar-refractivity contribution in [3.63, 3.8) is 0 Å². The lowest BCUT2D eigenvalue weighted by molar-refractivity contribution is 0.470. The maximum atomic E-state index is 9.18. The lowest BCUT2D eigenvalue weighted by Crippen LogP contribution is -1.88. The largest absolute Gasteiger partial charge is 0.506 e. The van der Waals surface area contributed by atoms with E-state index in [0.717, 1.165) is 24.3 Å². The molecule has 2 rings (SSSR count). The van der Waals surface area contributed by atoms with Crippen LogP contribution in [-0.2, 0) is 6.42 Å². The van der Waals surface area contributed by atoms with Crippen LogP contribution in [0.15, 0.2) is 18.3 Å². The van der Waals surface area contributed by atoms with E-state index < -0.39 is 0 Å². The molecule has 2 aromatic heterocycles. The van der Waals surface area contributed by atoms with Gasteiger partial charge in [-0.3, -0.25) is 0 Å². The van der Waals surface area contributed by atoms with Gasteiger partial charge in [-0.2, -0.15) is 5.10 Å². The lowest BCUT2D eigenvalue weighted by Gasteiger charge is -1.90. The average molecular weight is 177 g/mol. The summed E-state index contributed by atoms with van der Waals surface area (Å²) in [5.74, 6) is 1.04. The number of aryl methyl sites for hydroxylation is 1. The van der Waals surface area contributed by atoms with Gasteiger partial charge in [0.15, 0.2) is 11.5 Å². The van der Waals surface area contributed by atoms with Crippen LogP contribution in [0.5, 0.6) is 5.75 Å². The van der Waals surface area contributed by atoms with Crippen molar-refractivity contribution in [1.82, 2.24) is 14.6 Å². The second-order valence-electron chi connectivity index (χ2n) is 2.97. The van der Waals surface area contributed by atoms with Crippen molar-refractivity contribution in [2.75, 3.05) is 0 Å². The number of fused-ring (bicyclic) bond motifs is 1. The maximum Gasteiger partial charge on any atom is 0.155 e. The molecular formula is C9H11N3O. The summed E-state index contributed by atoms with van der Waals surface area (Å²) in [5.41, 5.74) is 0.779. The monoisotopic (exact) mass is 177 g/mol. The standard InChI is InChI=1S/C9H11N3O/c1-2-3-8-10-9-5-4-7(13)6-12(9)11-8/h4-6,13H,2-3H2,1H3. The predicted molar refractivity (Wildman–Crippen MR) is 48.6 cm³/mol. The highest BCUT2D eigenvalue weighted by Gasteiger charge is 2.01. The summed E-state index contributed by atoms with van der Waals surface area (Å²) in [5, 5.41) is 13.4. The van der Waals surface area contributed by atoms with Crippen LogP contribution in [-0.4, -0.2) is 19.7 Å². The molecule has 0 amide bonds. The first-order valence-electron chi connectivity index (χ1n) is 4.34. The van der Waals surface area contributed by atoms with Crippen molar-refractivity contribution in [3.05, 3.63) is 24.2 Å². The number of nitrogens with zero attached hydrogens (tertiary/aromatic N) is 3. The van der Waals surface area contributed by atoms with Gasteiger partial charge in [-0.05, 0) is 18.6 Å². The van der Waals surface area contributed by atoms with Crippen LogP contribution in [0.3, 0.4) is 0 Å². The summed E-state index contributed by atoms with van der Waals surface area (Å²) in [6.07, 6.45) is 3.47. The van der Waals surface area contributed by atoms with Gasteiger partial charge in [0, 0.05) is 6.42 Å². The van der Waals surface area contributed by atoms with Gasteiger partial charge in [0.2, 0.25) is 0 Å². The zero-order chi connectivity index (χ0) is 9.26. The van der Waals surface area contributed by atoms with Crippen molar-refractivity contribution in [2.24, 2.45) is 0 Å². The van der Waals surface area contributed by atoms with Crippen LogP contribution < -0.4 is 0 Å². The molecule has 0 atom stereocenters. The maximum absolute atomic E-state index is 9.18. The Bertz CT molecular complexity index is 422. The summed E-state index contributed by atoms with van der Waals surface area (Å²) < 4.78 is 1.60.